The van der Waals surface area contributed by atoms with Crippen LogP contribution in [0.2, 0.25) is 0 Å². The molecule has 0 bridgehead atoms. The Bertz CT molecular complexity index is 7.51. The SMILES string of the molecule is [F-].[F-].[F-].[F-].[Fe+2].[Mg+2]. The zero-order valence-electron chi connectivity index (χ0n) is 2.57. The molecule has 0 saturated heterocycles. The number of halogens is 4. The zero-order valence-corrected chi connectivity index (χ0v) is 5.09. The maximum atomic E-state index is 0. The van der Waals surface area contributed by atoms with E-state index in [9.17, 15) is 0 Å². The van der Waals surface area contributed by atoms with Crippen LogP contribution in [-0.4, -0.2) is 23.1 Å². The van der Waals surface area contributed by atoms with Crippen molar-refractivity contribution in [2.45, 2.75) is 0 Å². The van der Waals surface area contributed by atoms with E-state index in [4.69, 9.17) is 0 Å². The summed E-state index contributed by atoms with van der Waals surface area (Å²) in [7, 11) is 0. The third-order valence-corrected chi connectivity index (χ3v) is 0. The van der Waals surface area contributed by atoms with Gasteiger partial charge in [0.1, 0.15) is 0 Å². The number of hydrogen-bond acceptors (Lipinski definition) is 0. The van der Waals surface area contributed by atoms with Crippen LogP contribution in [0.5, 0.6) is 0 Å². The van der Waals surface area contributed by atoms with Gasteiger partial charge in [-0.3, -0.25) is 0 Å². The summed E-state index contributed by atoms with van der Waals surface area (Å²) in [5.74, 6) is 0. The molecule has 0 rings (SSSR count). The molecule has 6 heavy (non-hydrogen) atoms. The van der Waals surface area contributed by atoms with Gasteiger partial charge < -0.3 is 18.8 Å². The Morgan fingerprint density at radius 3 is 0.500 bits per heavy atom. The average Bonchev–Trinajstić information content (AvgIpc) is 0. The third-order valence-electron chi connectivity index (χ3n) is 0. The predicted molar refractivity (Wildman–Crippen MR) is 5.75 cm³/mol. The second kappa shape index (κ2) is 149. The van der Waals surface area contributed by atoms with Gasteiger partial charge in [-0.05, 0) is 0 Å². The minimum absolute atomic E-state index is 0. The summed E-state index contributed by atoms with van der Waals surface area (Å²) in [5.41, 5.74) is 0. The molecule has 0 spiro atoms. The quantitative estimate of drug-likeness (QED) is 0.241. The van der Waals surface area contributed by atoms with E-state index >= 15 is 0 Å². The molecule has 38 valence electrons. The van der Waals surface area contributed by atoms with E-state index in [0.717, 1.165) is 0 Å². The van der Waals surface area contributed by atoms with Crippen LogP contribution in [0.1, 0.15) is 0 Å². The van der Waals surface area contributed by atoms with Gasteiger partial charge >= 0.3 is 40.1 Å². The first-order valence-electron chi connectivity index (χ1n) is 0. The monoisotopic (exact) mass is 156 g/mol. The molecule has 0 aliphatic heterocycles. The summed E-state index contributed by atoms with van der Waals surface area (Å²) in [4.78, 5) is 0. The van der Waals surface area contributed by atoms with Gasteiger partial charge in [-0.1, -0.05) is 0 Å². The maximum absolute atomic E-state index is 0. The Labute approximate surface area is 59.1 Å². The van der Waals surface area contributed by atoms with Crippen molar-refractivity contribution in [3.63, 3.8) is 0 Å². The van der Waals surface area contributed by atoms with Gasteiger partial charge in [0.15, 0.2) is 0 Å². The molecule has 0 aromatic rings. The van der Waals surface area contributed by atoms with E-state index in [1.54, 1.807) is 0 Å². The molecule has 0 amide bonds. The Morgan fingerprint density at radius 1 is 0.500 bits per heavy atom. The standard InChI is InChI=1S/4FH.Fe.Mg/h4*1H;;/q;;;;2*+2/p-4. The molecule has 0 heterocycles. The van der Waals surface area contributed by atoms with Crippen LogP contribution in [0.3, 0.4) is 0 Å². The van der Waals surface area contributed by atoms with Crippen LogP contribution in [0, 0.1) is 0 Å². The number of rotatable bonds is 0. The topological polar surface area (TPSA) is 0 Å². The second-order valence-corrected chi connectivity index (χ2v) is 0. The molecule has 0 fully saturated rings. The Balaban J connectivity index is 0. The van der Waals surface area contributed by atoms with E-state index in [1.807, 2.05) is 0 Å². The second-order valence-electron chi connectivity index (χ2n) is 0. The molecule has 0 aliphatic rings. The minimum atomic E-state index is 0. The number of hydrogen-bond donors (Lipinski definition) is 0. The van der Waals surface area contributed by atoms with E-state index in [0.29, 0.717) is 0 Å². The fourth-order valence-electron chi connectivity index (χ4n) is 0. The van der Waals surface area contributed by atoms with Gasteiger partial charge in [0.05, 0.1) is 0 Å². The summed E-state index contributed by atoms with van der Waals surface area (Å²) in [6.07, 6.45) is 0. The summed E-state index contributed by atoms with van der Waals surface area (Å²) < 4.78 is 0. The molecule has 0 radical (unpaired) electrons. The van der Waals surface area contributed by atoms with Crippen molar-refractivity contribution in [2.75, 3.05) is 0 Å². The summed E-state index contributed by atoms with van der Waals surface area (Å²) in [6.45, 7) is 0. The normalized spacial score (nSPS) is 0. The minimum Gasteiger partial charge on any atom is -1.00 e. The van der Waals surface area contributed by atoms with Crippen molar-refractivity contribution in [2.24, 2.45) is 0 Å². The maximum Gasteiger partial charge on any atom is 2.00 e. The van der Waals surface area contributed by atoms with Gasteiger partial charge in [0.2, 0.25) is 0 Å². The first-order valence-corrected chi connectivity index (χ1v) is 0. The Kier molecular flexibility index (Phi) is 6190. The van der Waals surface area contributed by atoms with E-state index in [1.165, 1.54) is 0 Å². The molecular weight excluding hydrogens is 156 g/mol. The van der Waals surface area contributed by atoms with Crippen molar-refractivity contribution in [3.05, 3.63) is 0 Å². The summed E-state index contributed by atoms with van der Waals surface area (Å²) in [6, 6.07) is 0. The summed E-state index contributed by atoms with van der Waals surface area (Å²) in [5, 5.41) is 0. The first kappa shape index (κ1) is 250. The molecule has 0 aromatic heterocycles. The van der Waals surface area contributed by atoms with Crippen LogP contribution in [-0.2, 0) is 17.1 Å². The van der Waals surface area contributed by atoms with Crippen molar-refractivity contribution in [3.8, 4) is 0 Å². The van der Waals surface area contributed by atoms with Gasteiger partial charge in [0, 0.05) is 0 Å². The largest absolute Gasteiger partial charge is 2.00 e. The van der Waals surface area contributed by atoms with E-state index < -0.39 is 0 Å². The predicted octanol–water partition coefficient (Wildman–Crippen LogP) is -12.4. The first-order chi connectivity index (χ1) is 0. The van der Waals surface area contributed by atoms with Crippen molar-refractivity contribution < 1.29 is 35.9 Å². The Hall–Kier alpha value is 1.01. The molecule has 0 nitrogen and oxygen atoms in total. The fourth-order valence-corrected chi connectivity index (χ4v) is 0. The van der Waals surface area contributed by atoms with Crippen molar-refractivity contribution in [1.29, 1.82) is 0 Å². The molecule has 0 N–H and O–H groups in total. The van der Waals surface area contributed by atoms with Crippen LogP contribution >= 0.6 is 0 Å². The van der Waals surface area contributed by atoms with Crippen LogP contribution in [0.25, 0.3) is 0 Å². The van der Waals surface area contributed by atoms with Crippen LogP contribution in [0.15, 0.2) is 0 Å². The average molecular weight is 156 g/mol. The van der Waals surface area contributed by atoms with Crippen LogP contribution in [0.4, 0.5) is 0 Å². The molecule has 6 heteroatoms. The molecule has 0 atom stereocenters. The molecule has 0 aromatic carbocycles. The van der Waals surface area contributed by atoms with Crippen LogP contribution < -0.4 is 18.8 Å². The third kappa shape index (κ3) is 79.4. The van der Waals surface area contributed by atoms with E-state index in [2.05, 4.69) is 0 Å². The van der Waals surface area contributed by atoms with Crippen molar-refractivity contribution >= 4 is 23.1 Å². The smallest absolute Gasteiger partial charge is 1.00 e. The molecular formula is F4FeMg. The van der Waals surface area contributed by atoms with E-state index in [-0.39, 0.29) is 58.9 Å². The molecule has 0 saturated carbocycles. The zero-order chi connectivity index (χ0) is 0. The summed E-state index contributed by atoms with van der Waals surface area (Å²) >= 11 is 0. The molecule has 0 unspecified atom stereocenters. The van der Waals surface area contributed by atoms with Crippen molar-refractivity contribution in [1.82, 2.24) is 0 Å². The fraction of sp³-hybridized carbons (Fsp3) is 0. The molecule has 0 aliphatic carbocycles. The van der Waals surface area contributed by atoms with Gasteiger partial charge in [-0.2, -0.15) is 0 Å². The Morgan fingerprint density at radius 2 is 0.500 bits per heavy atom. The van der Waals surface area contributed by atoms with Gasteiger partial charge in [-0.15, -0.1) is 0 Å². The van der Waals surface area contributed by atoms with Gasteiger partial charge in [-0.25, -0.2) is 0 Å². The van der Waals surface area contributed by atoms with Gasteiger partial charge in [0.25, 0.3) is 0 Å².